The Morgan fingerprint density at radius 1 is 0.943 bits per heavy atom. The van der Waals surface area contributed by atoms with Crippen LogP contribution in [0.15, 0.2) is 77.9 Å². The first-order valence-electron chi connectivity index (χ1n) is 9.54. The zero-order chi connectivity index (χ0) is 25.1. The normalized spacial score (nSPS) is 9.80. The molecule has 0 aliphatic carbocycles. The van der Waals surface area contributed by atoms with Crippen LogP contribution in [-0.2, 0) is 17.1 Å². The minimum atomic E-state index is -1.52. The van der Waals surface area contributed by atoms with Crippen molar-refractivity contribution in [1.29, 1.82) is 0 Å². The molecule has 1 radical (unpaired) electrons. The number of aromatic carboxylic acids is 2. The average Bonchev–Trinajstić information content (AvgIpc) is 2.86. The third kappa shape index (κ3) is 8.47. The summed E-state index contributed by atoms with van der Waals surface area (Å²) in [6.07, 6.45) is 3.25. The van der Waals surface area contributed by atoms with Crippen molar-refractivity contribution in [1.82, 2.24) is 9.97 Å². The zero-order valence-corrected chi connectivity index (χ0v) is 19.9. The Morgan fingerprint density at radius 3 is 2.17 bits per heavy atom. The Hall–Kier alpha value is -3.82. The molecule has 11 heteroatoms. The molecule has 0 aliphatic rings. The van der Waals surface area contributed by atoms with Gasteiger partial charge in [-0.1, -0.05) is 47.7 Å². The molecule has 35 heavy (non-hydrogen) atoms. The van der Waals surface area contributed by atoms with Crippen molar-refractivity contribution in [2.45, 2.75) is 0 Å². The predicted molar refractivity (Wildman–Crippen MR) is 121 cm³/mol. The first-order valence-corrected chi connectivity index (χ1v) is 9.92. The SMILES string of the molecule is CO.O=C([O-])c1cccc(C(=O)[O-])n1.[Fe+3].[O-]c1ccc(Cl)cc1C=Nc1cccc2cccnc12. The van der Waals surface area contributed by atoms with E-state index in [9.17, 15) is 24.9 Å². The maximum absolute atomic E-state index is 11.7. The molecule has 1 N–H and O–H groups in total. The van der Waals surface area contributed by atoms with E-state index in [1.54, 1.807) is 18.3 Å². The number of aliphatic hydroxyl groups excluding tert-OH is 1. The van der Waals surface area contributed by atoms with Gasteiger partial charge in [0, 0.05) is 29.9 Å². The molecule has 2 aromatic carbocycles. The molecule has 179 valence electrons. The molecule has 0 saturated heterocycles. The molecule has 9 nitrogen and oxygen atoms in total. The number of benzene rings is 2. The number of aliphatic imine (C=N–C) groups is 1. The molecule has 0 atom stereocenters. The van der Waals surface area contributed by atoms with E-state index in [1.165, 1.54) is 18.3 Å². The number of aromatic nitrogens is 2. The van der Waals surface area contributed by atoms with Crippen LogP contribution >= 0.6 is 11.6 Å². The summed E-state index contributed by atoms with van der Waals surface area (Å²) < 4.78 is 0. The van der Waals surface area contributed by atoms with Crippen molar-refractivity contribution in [3.8, 4) is 5.75 Å². The number of aliphatic hydroxyl groups is 1. The van der Waals surface area contributed by atoms with Crippen molar-refractivity contribution in [2.24, 2.45) is 4.99 Å². The monoisotopic (exact) mass is 534 g/mol. The molecule has 0 bridgehead atoms. The molecule has 0 aliphatic heterocycles. The van der Waals surface area contributed by atoms with Gasteiger partial charge in [0.2, 0.25) is 0 Å². The quantitative estimate of drug-likeness (QED) is 0.301. The predicted octanol–water partition coefficient (Wildman–Crippen LogP) is 1.13. The van der Waals surface area contributed by atoms with E-state index < -0.39 is 23.3 Å². The Morgan fingerprint density at radius 2 is 1.54 bits per heavy atom. The first kappa shape index (κ1) is 29.2. The smallest absolute Gasteiger partial charge is 0.872 e. The van der Waals surface area contributed by atoms with Gasteiger partial charge in [-0.05, 0) is 42.0 Å². The second-order valence-corrected chi connectivity index (χ2v) is 6.71. The van der Waals surface area contributed by atoms with E-state index in [2.05, 4.69) is 15.0 Å². The maximum Gasteiger partial charge on any atom is 3.00 e. The van der Waals surface area contributed by atoms with Crippen LogP contribution in [-0.4, -0.2) is 40.3 Å². The Bertz CT molecular complexity index is 1300. The fourth-order valence-electron chi connectivity index (χ4n) is 2.61. The molecule has 2 aromatic heterocycles. The van der Waals surface area contributed by atoms with E-state index in [4.69, 9.17) is 16.7 Å². The summed E-state index contributed by atoms with van der Waals surface area (Å²) >= 11 is 5.88. The van der Waals surface area contributed by atoms with Crippen LogP contribution in [0.5, 0.6) is 5.75 Å². The summed E-state index contributed by atoms with van der Waals surface area (Å²) in [5.74, 6) is -3.14. The standard InChI is InChI=1S/C16H11ClN2O.C7H5NO4.CH4O.Fe/c17-13-6-7-15(20)12(9-13)10-19-14-5-1-3-11-4-2-8-18-16(11)14;9-6(10)4-2-1-3-5(8-4)7(11)12;1-2;/h1-10,20H;1-3H,(H,9,10)(H,11,12);2H,1H3;/q;;;+3/p-3. The number of fused-ring (bicyclic) bond motifs is 1. The minimum absolute atomic E-state index is 0. The van der Waals surface area contributed by atoms with Gasteiger partial charge >= 0.3 is 17.1 Å². The van der Waals surface area contributed by atoms with Crippen molar-refractivity contribution >= 4 is 46.3 Å². The maximum atomic E-state index is 11.7. The first-order chi connectivity index (χ1) is 16.3. The summed E-state index contributed by atoms with van der Waals surface area (Å²) in [6, 6.07) is 17.7. The van der Waals surface area contributed by atoms with E-state index in [-0.39, 0.29) is 22.8 Å². The summed E-state index contributed by atoms with van der Waals surface area (Å²) in [5, 5.41) is 40.6. The fourth-order valence-corrected chi connectivity index (χ4v) is 2.79. The summed E-state index contributed by atoms with van der Waals surface area (Å²) in [4.78, 5) is 32.3. The van der Waals surface area contributed by atoms with Gasteiger partial charge in [-0.15, -0.1) is 0 Å². The van der Waals surface area contributed by atoms with Crippen LogP contribution in [0.25, 0.3) is 10.9 Å². The number of hydrogen-bond donors (Lipinski definition) is 1. The van der Waals surface area contributed by atoms with Crippen molar-refractivity contribution < 1.29 is 47.1 Å². The van der Waals surface area contributed by atoms with Gasteiger partial charge in [-0.2, -0.15) is 0 Å². The van der Waals surface area contributed by atoms with Gasteiger partial charge in [0.25, 0.3) is 0 Å². The van der Waals surface area contributed by atoms with E-state index in [0.29, 0.717) is 10.6 Å². The number of carboxylic acids is 2. The molecule has 4 rings (SSSR count). The summed E-state index contributed by atoms with van der Waals surface area (Å²) in [7, 11) is 1.00. The van der Waals surface area contributed by atoms with Gasteiger partial charge in [0.15, 0.2) is 0 Å². The van der Waals surface area contributed by atoms with Gasteiger partial charge in [-0.25, -0.2) is 4.98 Å². The number of halogens is 1. The van der Waals surface area contributed by atoms with E-state index in [1.807, 2.05) is 30.3 Å². The molecule has 4 aromatic rings. The van der Waals surface area contributed by atoms with Crippen LogP contribution in [0.4, 0.5) is 5.69 Å². The number of para-hydroxylation sites is 1. The molecular weight excluding hydrogens is 518 g/mol. The summed E-state index contributed by atoms with van der Waals surface area (Å²) in [5.41, 5.74) is 1.15. The molecule has 0 spiro atoms. The third-order valence-electron chi connectivity index (χ3n) is 4.09. The molecule has 0 amide bonds. The number of carboxylic acid groups (broad SMARTS) is 2. The largest absolute Gasteiger partial charge is 3.00 e. The number of hydrogen-bond acceptors (Lipinski definition) is 9. The fraction of sp³-hybridized carbons (Fsp3) is 0.0417. The topological polar surface area (TPSA) is 162 Å². The van der Waals surface area contributed by atoms with Gasteiger partial charge in [0.1, 0.15) is 0 Å². The number of carbonyl (C=O) groups excluding carboxylic acids is 2. The van der Waals surface area contributed by atoms with Gasteiger partial charge in [0.05, 0.1) is 34.5 Å². The van der Waals surface area contributed by atoms with Crippen molar-refractivity contribution in [3.63, 3.8) is 0 Å². The Balaban J connectivity index is 0.000000353. The second kappa shape index (κ2) is 14.4. The Kier molecular flexibility index (Phi) is 12.1. The average molecular weight is 535 g/mol. The van der Waals surface area contributed by atoms with Crippen LogP contribution in [0, 0.1) is 0 Å². The number of nitrogens with zero attached hydrogens (tertiary/aromatic N) is 3. The van der Waals surface area contributed by atoms with Crippen molar-refractivity contribution in [3.05, 3.63) is 94.9 Å². The van der Waals surface area contributed by atoms with Crippen molar-refractivity contribution in [2.75, 3.05) is 7.11 Å². The summed E-state index contributed by atoms with van der Waals surface area (Å²) in [6.45, 7) is 0. The molecular formula is C24H17ClFeN3O6. The van der Waals surface area contributed by atoms with E-state index in [0.717, 1.165) is 35.8 Å². The zero-order valence-electron chi connectivity index (χ0n) is 18.1. The van der Waals surface area contributed by atoms with Crippen LogP contribution < -0.4 is 15.3 Å². The van der Waals surface area contributed by atoms with Gasteiger partial charge in [-0.3, -0.25) is 9.98 Å². The number of carbonyl (C=O) groups is 2. The Labute approximate surface area is 215 Å². The number of rotatable bonds is 4. The minimum Gasteiger partial charge on any atom is -0.872 e. The second-order valence-electron chi connectivity index (χ2n) is 6.28. The third-order valence-corrected chi connectivity index (χ3v) is 4.33. The molecule has 0 unspecified atom stereocenters. The molecule has 2 heterocycles. The van der Waals surface area contributed by atoms with Gasteiger partial charge < -0.3 is 30.0 Å². The number of pyridine rings is 2. The molecule has 0 fully saturated rings. The van der Waals surface area contributed by atoms with Crippen LogP contribution in [0.3, 0.4) is 0 Å². The van der Waals surface area contributed by atoms with Crippen LogP contribution in [0.2, 0.25) is 5.02 Å². The van der Waals surface area contributed by atoms with Crippen LogP contribution in [0.1, 0.15) is 26.5 Å². The molecule has 0 saturated carbocycles. The van der Waals surface area contributed by atoms with E-state index >= 15 is 0 Å².